The van der Waals surface area contributed by atoms with Gasteiger partial charge in [-0.15, -0.1) is 0 Å². The number of rotatable bonds is 4. The summed E-state index contributed by atoms with van der Waals surface area (Å²) in [6.45, 7) is 3.35. The average molecular weight is 323 g/mol. The number of carbonyl (C=O) groups is 1. The molecule has 0 aromatic heterocycles. The van der Waals surface area contributed by atoms with Gasteiger partial charge in [0.2, 0.25) is 0 Å². The molecule has 5 nitrogen and oxygen atoms in total. The Morgan fingerprint density at radius 1 is 1.30 bits per heavy atom. The van der Waals surface area contributed by atoms with Crippen LogP contribution in [0.4, 0.5) is 4.39 Å². The summed E-state index contributed by atoms with van der Waals surface area (Å²) in [5, 5.41) is 3.28. The highest BCUT2D eigenvalue weighted by molar-refractivity contribution is 5.66. The second-order valence-electron chi connectivity index (χ2n) is 6.04. The molecule has 2 fully saturated rings. The van der Waals surface area contributed by atoms with E-state index in [1.54, 1.807) is 6.07 Å². The minimum atomic E-state index is -0.296. The van der Waals surface area contributed by atoms with E-state index in [-0.39, 0.29) is 30.0 Å². The Morgan fingerprint density at radius 2 is 2.09 bits per heavy atom. The van der Waals surface area contributed by atoms with Crippen LogP contribution in [0.1, 0.15) is 37.8 Å². The highest BCUT2D eigenvalue weighted by atomic mass is 19.1. The second kappa shape index (κ2) is 7.27. The van der Waals surface area contributed by atoms with Gasteiger partial charge in [-0.05, 0) is 18.2 Å². The average Bonchev–Trinajstić information content (AvgIpc) is 2.97. The summed E-state index contributed by atoms with van der Waals surface area (Å²) >= 11 is 0. The largest absolute Gasteiger partial charge is 0.490 e. The molecular weight excluding hydrogens is 301 g/mol. The van der Waals surface area contributed by atoms with Crippen LogP contribution in [0.3, 0.4) is 0 Å². The highest BCUT2D eigenvalue weighted by Gasteiger charge is 2.30. The van der Waals surface area contributed by atoms with Gasteiger partial charge in [0.1, 0.15) is 23.8 Å². The van der Waals surface area contributed by atoms with Crippen molar-refractivity contribution in [3.05, 3.63) is 29.6 Å². The Hall–Kier alpha value is -1.66. The molecule has 1 N–H and O–H groups in total. The lowest BCUT2D eigenvalue weighted by Gasteiger charge is -2.25. The quantitative estimate of drug-likeness (QED) is 0.862. The number of carbonyl (C=O) groups excluding carboxylic acids is 1. The molecule has 1 aromatic carbocycles. The summed E-state index contributed by atoms with van der Waals surface area (Å²) in [7, 11) is 0. The molecule has 2 aliphatic rings. The molecule has 2 atom stereocenters. The first-order valence-electron chi connectivity index (χ1n) is 8.06. The monoisotopic (exact) mass is 323 g/mol. The van der Waals surface area contributed by atoms with Crippen molar-refractivity contribution in [2.24, 2.45) is 0 Å². The number of hydrogen-bond donors (Lipinski definition) is 1. The summed E-state index contributed by atoms with van der Waals surface area (Å²) in [6.07, 6.45) is 2.21. The molecule has 126 valence electrons. The standard InChI is InChI=1S/C17H22FNO4/c1-11(20)22-14-9-16(19-10-14)15-8-12(18)2-3-17(15)23-13-4-6-21-7-5-13/h2-3,8,13-14,16,19H,4-7,9-10H2,1H3. The minimum absolute atomic E-state index is 0.0788. The number of esters is 1. The molecule has 0 spiro atoms. The fraction of sp³-hybridized carbons (Fsp3) is 0.588. The lowest BCUT2D eigenvalue weighted by Crippen LogP contribution is -2.27. The van der Waals surface area contributed by atoms with Gasteiger partial charge in [0, 0.05) is 44.3 Å². The van der Waals surface area contributed by atoms with E-state index >= 15 is 0 Å². The molecule has 0 aliphatic carbocycles. The third-order valence-corrected chi connectivity index (χ3v) is 4.23. The molecule has 2 unspecified atom stereocenters. The summed E-state index contributed by atoms with van der Waals surface area (Å²) in [4.78, 5) is 11.1. The molecule has 1 aromatic rings. The number of nitrogens with one attached hydrogen (secondary N) is 1. The molecule has 3 rings (SSSR count). The predicted molar refractivity (Wildman–Crippen MR) is 81.8 cm³/mol. The minimum Gasteiger partial charge on any atom is -0.490 e. The molecule has 0 bridgehead atoms. The first-order valence-corrected chi connectivity index (χ1v) is 8.06. The fourth-order valence-electron chi connectivity index (χ4n) is 3.14. The van der Waals surface area contributed by atoms with Crippen molar-refractivity contribution in [1.82, 2.24) is 5.32 Å². The maximum atomic E-state index is 13.7. The molecule has 2 heterocycles. The molecule has 2 aliphatic heterocycles. The Labute approximate surface area is 135 Å². The van der Waals surface area contributed by atoms with Gasteiger partial charge in [0.25, 0.3) is 0 Å². The van der Waals surface area contributed by atoms with Crippen LogP contribution in [-0.2, 0) is 14.3 Å². The SMILES string of the molecule is CC(=O)OC1CNC(c2cc(F)ccc2OC2CCOCC2)C1. The van der Waals surface area contributed by atoms with E-state index < -0.39 is 0 Å². The third-order valence-electron chi connectivity index (χ3n) is 4.23. The van der Waals surface area contributed by atoms with Crippen LogP contribution in [0.25, 0.3) is 0 Å². The second-order valence-corrected chi connectivity index (χ2v) is 6.04. The van der Waals surface area contributed by atoms with Crippen molar-refractivity contribution < 1.29 is 23.4 Å². The zero-order valence-electron chi connectivity index (χ0n) is 13.2. The molecular formula is C17H22FNO4. The lowest BCUT2D eigenvalue weighted by molar-refractivity contribution is -0.145. The fourth-order valence-corrected chi connectivity index (χ4v) is 3.14. The van der Waals surface area contributed by atoms with E-state index in [9.17, 15) is 9.18 Å². The maximum absolute atomic E-state index is 13.7. The van der Waals surface area contributed by atoms with Gasteiger partial charge >= 0.3 is 5.97 Å². The summed E-state index contributed by atoms with van der Waals surface area (Å²) < 4.78 is 30.3. The van der Waals surface area contributed by atoms with Crippen LogP contribution in [0, 0.1) is 5.82 Å². The summed E-state index contributed by atoms with van der Waals surface area (Å²) in [5.74, 6) is 0.103. The van der Waals surface area contributed by atoms with Gasteiger partial charge in [-0.3, -0.25) is 4.79 Å². The molecule has 2 saturated heterocycles. The maximum Gasteiger partial charge on any atom is 0.302 e. The molecule has 0 amide bonds. The van der Waals surface area contributed by atoms with Gasteiger partial charge in [-0.1, -0.05) is 0 Å². The Morgan fingerprint density at radius 3 is 2.83 bits per heavy atom. The Balaban J connectivity index is 1.72. The van der Waals surface area contributed by atoms with Gasteiger partial charge < -0.3 is 19.5 Å². The van der Waals surface area contributed by atoms with E-state index in [2.05, 4.69) is 5.32 Å². The van der Waals surface area contributed by atoms with Crippen LogP contribution < -0.4 is 10.1 Å². The number of halogens is 1. The van der Waals surface area contributed by atoms with Crippen molar-refractivity contribution in [2.75, 3.05) is 19.8 Å². The highest BCUT2D eigenvalue weighted by Crippen LogP contribution is 2.34. The predicted octanol–water partition coefficient (Wildman–Crippen LogP) is 2.35. The molecule has 0 radical (unpaired) electrons. The van der Waals surface area contributed by atoms with Gasteiger partial charge in [0.05, 0.1) is 13.2 Å². The van der Waals surface area contributed by atoms with Crippen molar-refractivity contribution >= 4 is 5.97 Å². The number of hydrogen-bond acceptors (Lipinski definition) is 5. The van der Waals surface area contributed by atoms with E-state index in [0.29, 0.717) is 31.9 Å². The van der Waals surface area contributed by atoms with E-state index in [4.69, 9.17) is 14.2 Å². The first-order chi connectivity index (χ1) is 11.1. The van der Waals surface area contributed by atoms with E-state index in [1.165, 1.54) is 19.1 Å². The summed E-state index contributed by atoms with van der Waals surface area (Å²) in [5.41, 5.74) is 0.783. The van der Waals surface area contributed by atoms with Gasteiger partial charge in [0.15, 0.2) is 0 Å². The zero-order valence-corrected chi connectivity index (χ0v) is 13.2. The lowest BCUT2D eigenvalue weighted by atomic mass is 10.0. The first kappa shape index (κ1) is 16.2. The number of benzene rings is 1. The van der Waals surface area contributed by atoms with Gasteiger partial charge in [-0.2, -0.15) is 0 Å². The van der Waals surface area contributed by atoms with Crippen molar-refractivity contribution in [3.8, 4) is 5.75 Å². The smallest absolute Gasteiger partial charge is 0.302 e. The Bertz CT molecular complexity index is 560. The van der Waals surface area contributed by atoms with Crippen molar-refractivity contribution in [2.45, 2.75) is 44.4 Å². The summed E-state index contributed by atoms with van der Waals surface area (Å²) in [6, 6.07) is 4.52. The topological polar surface area (TPSA) is 56.8 Å². The van der Waals surface area contributed by atoms with Crippen molar-refractivity contribution in [3.63, 3.8) is 0 Å². The van der Waals surface area contributed by atoms with Crippen molar-refractivity contribution in [1.29, 1.82) is 0 Å². The van der Waals surface area contributed by atoms with Crippen LogP contribution in [0.15, 0.2) is 18.2 Å². The molecule has 6 heteroatoms. The molecule has 0 saturated carbocycles. The third kappa shape index (κ3) is 4.20. The van der Waals surface area contributed by atoms with E-state index in [0.717, 1.165) is 18.4 Å². The van der Waals surface area contributed by atoms with Crippen LogP contribution in [0.5, 0.6) is 5.75 Å². The van der Waals surface area contributed by atoms with Crippen LogP contribution in [0.2, 0.25) is 0 Å². The number of ether oxygens (including phenoxy) is 3. The van der Waals surface area contributed by atoms with E-state index in [1.807, 2.05) is 0 Å². The molecule has 23 heavy (non-hydrogen) atoms. The normalized spacial score (nSPS) is 25.3. The van der Waals surface area contributed by atoms with Crippen LogP contribution in [-0.4, -0.2) is 37.9 Å². The van der Waals surface area contributed by atoms with Gasteiger partial charge in [-0.25, -0.2) is 4.39 Å². The Kier molecular flexibility index (Phi) is 5.13. The zero-order chi connectivity index (χ0) is 16.2. The van der Waals surface area contributed by atoms with Crippen LogP contribution >= 0.6 is 0 Å².